The highest BCUT2D eigenvalue weighted by molar-refractivity contribution is 7.89. The largest absolute Gasteiger partial charge is 0.469 e. The number of rotatable bonds is 7. The summed E-state index contributed by atoms with van der Waals surface area (Å²) in [6.07, 6.45) is -0.167. The van der Waals surface area contributed by atoms with E-state index in [4.69, 9.17) is 4.52 Å². The molecule has 0 radical (unpaired) electrons. The van der Waals surface area contributed by atoms with Crippen molar-refractivity contribution in [3.63, 3.8) is 0 Å². The lowest BCUT2D eigenvalue weighted by atomic mass is 10.2. The summed E-state index contributed by atoms with van der Waals surface area (Å²) in [5.74, 6) is -0.783. The molecule has 0 fully saturated rings. The van der Waals surface area contributed by atoms with Crippen molar-refractivity contribution in [2.24, 2.45) is 0 Å². The van der Waals surface area contributed by atoms with Crippen molar-refractivity contribution < 1.29 is 27.3 Å². The zero-order valence-electron chi connectivity index (χ0n) is 11.4. The van der Waals surface area contributed by atoms with E-state index < -0.39 is 28.3 Å². The van der Waals surface area contributed by atoms with Crippen molar-refractivity contribution in [3.05, 3.63) is 11.5 Å². The van der Waals surface area contributed by atoms with Crippen LogP contribution in [0, 0.1) is 13.8 Å². The molecule has 0 atom stereocenters. The molecular formula is C11H16N2O6S. The van der Waals surface area contributed by atoms with Crippen molar-refractivity contribution >= 4 is 21.8 Å². The number of hydrogen-bond acceptors (Lipinski definition) is 7. The number of sulfonamides is 1. The molecule has 0 unspecified atom stereocenters. The number of nitrogens with one attached hydrogen (secondary N) is 1. The molecule has 0 saturated heterocycles. The fourth-order valence-corrected chi connectivity index (χ4v) is 2.88. The van der Waals surface area contributed by atoms with Crippen LogP contribution in [-0.2, 0) is 24.3 Å². The van der Waals surface area contributed by atoms with Crippen LogP contribution in [0.2, 0.25) is 0 Å². The summed E-state index contributed by atoms with van der Waals surface area (Å²) in [5, 5.41) is 3.54. The molecule has 0 saturated carbocycles. The number of methoxy groups -OCH3 is 1. The first kappa shape index (κ1) is 16.3. The van der Waals surface area contributed by atoms with Gasteiger partial charge in [0, 0.05) is 6.42 Å². The first-order chi connectivity index (χ1) is 9.27. The molecule has 0 aliphatic heterocycles. The minimum Gasteiger partial charge on any atom is -0.469 e. The van der Waals surface area contributed by atoms with Gasteiger partial charge in [0.15, 0.2) is 5.76 Å². The number of ether oxygens (including phenoxy) is 1. The zero-order chi connectivity index (χ0) is 15.3. The molecule has 0 aromatic carbocycles. The molecule has 8 nitrogen and oxygen atoms in total. The second kappa shape index (κ2) is 6.62. The van der Waals surface area contributed by atoms with Crippen LogP contribution in [0.25, 0.3) is 0 Å². The summed E-state index contributed by atoms with van der Waals surface area (Å²) in [6.45, 7) is 2.56. The molecule has 1 aromatic rings. The lowest BCUT2D eigenvalue weighted by molar-refractivity contribution is -0.141. The highest BCUT2D eigenvalue weighted by atomic mass is 32.2. The number of Topliss-reactive ketones (excluding diaryl/α,β-unsaturated/α-hetero) is 1. The van der Waals surface area contributed by atoms with E-state index in [1.165, 1.54) is 21.0 Å². The van der Waals surface area contributed by atoms with Crippen LogP contribution in [0.5, 0.6) is 0 Å². The van der Waals surface area contributed by atoms with Crippen LogP contribution in [0.4, 0.5) is 0 Å². The van der Waals surface area contributed by atoms with Crippen LogP contribution in [0.1, 0.15) is 24.3 Å². The maximum atomic E-state index is 12.0. The smallest absolute Gasteiger partial charge is 0.305 e. The van der Waals surface area contributed by atoms with Crippen LogP contribution < -0.4 is 4.72 Å². The van der Waals surface area contributed by atoms with E-state index in [-0.39, 0.29) is 29.2 Å². The molecule has 1 rings (SSSR count). The molecule has 0 aliphatic carbocycles. The minimum atomic E-state index is -3.86. The number of esters is 1. The fraction of sp³-hybridized carbons (Fsp3) is 0.545. The Bertz CT molecular complexity index is 585. The number of carbonyl (C=O) groups is 2. The Morgan fingerprint density at radius 3 is 2.45 bits per heavy atom. The lowest BCUT2D eigenvalue weighted by Crippen LogP contribution is -2.30. The Balaban J connectivity index is 2.61. The van der Waals surface area contributed by atoms with Gasteiger partial charge in [0.05, 0.1) is 20.1 Å². The van der Waals surface area contributed by atoms with Gasteiger partial charge >= 0.3 is 5.97 Å². The molecule has 112 valence electrons. The predicted molar refractivity (Wildman–Crippen MR) is 67.4 cm³/mol. The van der Waals surface area contributed by atoms with Crippen LogP contribution >= 0.6 is 0 Å². The fourth-order valence-electron chi connectivity index (χ4n) is 1.54. The van der Waals surface area contributed by atoms with Gasteiger partial charge in [-0.15, -0.1) is 0 Å². The summed E-state index contributed by atoms with van der Waals surface area (Å²) < 4.78 is 35.3. The minimum absolute atomic E-state index is 0.0710. The van der Waals surface area contributed by atoms with Crippen LogP contribution in [-0.4, -0.2) is 39.0 Å². The van der Waals surface area contributed by atoms with Gasteiger partial charge in [-0.05, 0) is 13.8 Å². The normalized spacial score (nSPS) is 11.3. The SMILES string of the molecule is COC(=O)CCC(=O)CNS(=O)(=O)c1c(C)noc1C. The van der Waals surface area contributed by atoms with Crippen LogP contribution in [0.15, 0.2) is 9.42 Å². The summed E-state index contributed by atoms with van der Waals surface area (Å²) in [6, 6.07) is 0. The topological polar surface area (TPSA) is 116 Å². The Labute approximate surface area is 116 Å². The van der Waals surface area contributed by atoms with Gasteiger partial charge in [-0.2, -0.15) is 0 Å². The molecule has 0 aliphatic rings. The number of nitrogens with zero attached hydrogens (tertiary/aromatic N) is 1. The second-order valence-corrected chi connectivity index (χ2v) is 5.80. The summed E-state index contributed by atoms with van der Waals surface area (Å²) in [5.41, 5.74) is 0.219. The molecule has 20 heavy (non-hydrogen) atoms. The Hall–Kier alpha value is -1.74. The van der Waals surface area contributed by atoms with Gasteiger partial charge in [-0.25, -0.2) is 13.1 Å². The van der Waals surface area contributed by atoms with Gasteiger partial charge in [0.1, 0.15) is 16.4 Å². The van der Waals surface area contributed by atoms with E-state index >= 15 is 0 Å². The van der Waals surface area contributed by atoms with Gasteiger partial charge in [0.25, 0.3) is 0 Å². The number of hydrogen-bond donors (Lipinski definition) is 1. The van der Waals surface area contributed by atoms with Crippen molar-refractivity contribution in [2.45, 2.75) is 31.6 Å². The summed E-state index contributed by atoms with van der Waals surface area (Å²) >= 11 is 0. The summed E-state index contributed by atoms with van der Waals surface area (Å²) in [7, 11) is -2.65. The first-order valence-electron chi connectivity index (χ1n) is 5.79. The number of aryl methyl sites for hydroxylation is 2. The maximum Gasteiger partial charge on any atom is 0.305 e. The quantitative estimate of drug-likeness (QED) is 0.710. The average Bonchev–Trinajstić information content (AvgIpc) is 2.73. The average molecular weight is 304 g/mol. The van der Waals surface area contributed by atoms with E-state index in [0.717, 1.165) is 0 Å². The molecule has 1 heterocycles. The Morgan fingerprint density at radius 2 is 1.95 bits per heavy atom. The Kier molecular flexibility index (Phi) is 5.40. The van der Waals surface area contributed by atoms with Gasteiger partial charge < -0.3 is 9.26 Å². The molecular weight excluding hydrogens is 288 g/mol. The second-order valence-electron chi connectivity index (χ2n) is 4.09. The zero-order valence-corrected chi connectivity index (χ0v) is 12.2. The predicted octanol–water partition coefficient (Wildman–Crippen LogP) is 0.0920. The van der Waals surface area contributed by atoms with E-state index in [2.05, 4.69) is 14.6 Å². The first-order valence-corrected chi connectivity index (χ1v) is 7.27. The molecule has 0 amide bonds. The van der Waals surface area contributed by atoms with Gasteiger partial charge in [-0.1, -0.05) is 5.16 Å². The molecule has 1 aromatic heterocycles. The molecule has 0 bridgehead atoms. The van der Waals surface area contributed by atoms with E-state index in [9.17, 15) is 18.0 Å². The highest BCUT2D eigenvalue weighted by Crippen LogP contribution is 2.18. The highest BCUT2D eigenvalue weighted by Gasteiger charge is 2.24. The third kappa shape index (κ3) is 4.14. The monoisotopic (exact) mass is 304 g/mol. The maximum absolute atomic E-state index is 12.0. The number of carbonyl (C=O) groups excluding carboxylic acids is 2. The third-order valence-electron chi connectivity index (χ3n) is 2.53. The third-order valence-corrected chi connectivity index (χ3v) is 4.18. The molecule has 9 heteroatoms. The number of aromatic nitrogens is 1. The molecule has 0 spiro atoms. The van der Waals surface area contributed by atoms with Crippen molar-refractivity contribution in [1.82, 2.24) is 9.88 Å². The van der Waals surface area contributed by atoms with Crippen molar-refractivity contribution in [1.29, 1.82) is 0 Å². The standard InChI is InChI=1S/C11H16N2O6S/c1-7-11(8(2)19-13-7)20(16,17)12-6-9(14)4-5-10(15)18-3/h12H,4-6H2,1-3H3. The lowest BCUT2D eigenvalue weighted by Gasteiger charge is -2.05. The van der Waals surface area contributed by atoms with Crippen molar-refractivity contribution in [2.75, 3.05) is 13.7 Å². The van der Waals surface area contributed by atoms with Crippen LogP contribution in [0.3, 0.4) is 0 Å². The number of ketones is 1. The molecule has 1 N–H and O–H groups in total. The van der Waals surface area contributed by atoms with E-state index in [1.54, 1.807) is 0 Å². The Morgan fingerprint density at radius 1 is 1.30 bits per heavy atom. The van der Waals surface area contributed by atoms with Gasteiger partial charge in [0.2, 0.25) is 10.0 Å². The summed E-state index contributed by atoms with van der Waals surface area (Å²) in [4.78, 5) is 22.3. The van der Waals surface area contributed by atoms with E-state index in [0.29, 0.717) is 0 Å². The van der Waals surface area contributed by atoms with E-state index in [1.807, 2.05) is 0 Å². The van der Waals surface area contributed by atoms with Gasteiger partial charge in [-0.3, -0.25) is 9.59 Å². The van der Waals surface area contributed by atoms with Crippen molar-refractivity contribution in [3.8, 4) is 0 Å².